The summed E-state index contributed by atoms with van der Waals surface area (Å²) in [6.45, 7) is 6.61. The van der Waals surface area contributed by atoms with E-state index in [1.54, 1.807) is 0 Å². The zero-order valence-electron chi connectivity index (χ0n) is 43.5. The van der Waals surface area contributed by atoms with E-state index in [2.05, 4.69) is 57.2 Å². The summed E-state index contributed by atoms with van der Waals surface area (Å²) in [7, 11) is 0. The molecule has 0 N–H and O–H groups in total. The second-order valence-corrected chi connectivity index (χ2v) is 19.2. The zero-order chi connectivity index (χ0) is 47.2. The molecule has 0 saturated heterocycles. The van der Waals surface area contributed by atoms with Gasteiger partial charge in [0.1, 0.15) is 13.2 Å². The quantitative estimate of drug-likeness (QED) is 0.0262. The molecule has 0 rings (SSSR count). The van der Waals surface area contributed by atoms with E-state index < -0.39 is 6.10 Å². The second-order valence-electron chi connectivity index (χ2n) is 19.2. The van der Waals surface area contributed by atoms with E-state index in [-0.39, 0.29) is 31.1 Å². The summed E-state index contributed by atoms with van der Waals surface area (Å²) in [5, 5.41) is 0. The van der Waals surface area contributed by atoms with Crippen LogP contribution in [0.15, 0.2) is 36.5 Å². The van der Waals surface area contributed by atoms with Gasteiger partial charge in [0.15, 0.2) is 6.10 Å². The lowest BCUT2D eigenvalue weighted by Crippen LogP contribution is -2.30. The van der Waals surface area contributed by atoms with Crippen LogP contribution in [-0.2, 0) is 28.6 Å². The molecule has 0 aliphatic rings. The first-order valence-corrected chi connectivity index (χ1v) is 28.5. The molecule has 380 valence electrons. The topological polar surface area (TPSA) is 78.9 Å². The van der Waals surface area contributed by atoms with Gasteiger partial charge in [0, 0.05) is 19.3 Å². The Labute approximate surface area is 404 Å². The number of hydrogen-bond acceptors (Lipinski definition) is 6. The number of esters is 3. The molecule has 1 atom stereocenters. The van der Waals surface area contributed by atoms with E-state index in [4.69, 9.17) is 14.2 Å². The molecule has 0 aliphatic carbocycles. The number of carbonyl (C=O) groups excluding carboxylic acids is 3. The molecule has 0 spiro atoms. The van der Waals surface area contributed by atoms with Gasteiger partial charge in [-0.3, -0.25) is 14.4 Å². The first-order chi connectivity index (χ1) is 32.0. The standard InChI is InChI=1S/C59H108O6/c1-4-7-10-13-16-19-22-25-27-28-29-30-31-33-34-37-40-43-46-49-52-58(61)64-55-56(54-63-57(60)51-48-45-42-39-36-24-21-18-15-12-9-6-3)65-59(62)53-50-47-44-41-38-35-32-26-23-20-17-14-11-8-5-2/h17-18,20-21,26,32,56H,4-16,19,22-25,27-31,33-55H2,1-3H3/b20-17-,21-18-,32-26-. The summed E-state index contributed by atoms with van der Waals surface area (Å²) in [5.41, 5.74) is 0. The number of allylic oxidation sites excluding steroid dienone is 6. The van der Waals surface area contributed by atoms with Gasteiger partial charge in [-0.2, -0.15) is 0 Å². The van der Waals surface area contributed by atoms with Crippen molar-refractivity contribution in [2.45, 2.75) is 309 Å². The number of rotatable bonds is 52. The molecule has 0 aromatic rings. The Bertz CT molecular complexity index is 1090. The number of ether oxygens (including phenoxy) is 3. The summed E-state index contributed by atoms with van der Waals surface area (Å²) < 4.78 is 16.8. The number of unbranched alkanes of at least 4 members (excludes halogenated alkanes) is 35. The van der Waals surface area contributed by atoms with Crippen LogP contribution >= 0.6 is 0 Å². The molecule has 0 heterocycles. The minimum atomic E-state index is -0.779. The monoisotopic (exact) mass is 913 g/mol. The Morgan fingerprint density at radius 3 is 0.892 bits per heavy atom. The third kappa shape index (κ3) is 52.5. The van der Waals surface area contributed by atoms with E-state index >= 15 is 0 Å². The van der Waals surface area contributed by atoms with Gasteiger partial charge in [-0.25, -0.2) is 0 Å². The first kappa shape index (κ1) is 62.6. The van der Waals surface area contributed by atoms with Gasteiger partial charge in [0.25, 0.3) is 0 Å². The van der Waals surface area contributed by atoms with Crippen LogP contribution in [0.1, 0.15) is 303 Å². The van der Waals surface area contributed by atoms with Crippen molar-refractivity contribution >= 4 is 17.9 Å². The summed E-state index contributed by atoms with van der Waals surface area (Å²) in [6, 6.07) is 0. The fraction of sp³-hybridized carbons (Fsp3) is 0.847. The van der Waals surface area contributed by atoms with Crippen molar-refractivity contribution in [2.24, 2.45) is 0 Å². The molecule has 0 aliphatic heterocycles. The van der Waals surface area contributed by atoms with Crippen molar-refractivity contribution in [1.82, 2.24) is 0 Å². The van der Waals surface area contributed by atoms with Crippen molar-refractivity contribution in [3.05, 3.63) is 36.5 Å². The van der Waals surface area contributed by atoms with E-state index in [9.17, 15) is 14.4 Å². The van der Waals surface area contributed by atoms with Crippen LogP contribution in [0, 0.1) is 0 Å². The Hall–Kier alpha value is -2.37. The zero-order valence-corrected chi connectivity index (χ0v) is 43.5. The molecule has 0 aromatic carbocycles. The Morgan fingerprint density at radius 2 is 0.554 bits per heavy atom. The summed E-state index contributed by atoms with van der Waals surface area (Å²) in [6.07, 6.45) is 64.2. The lowest BCUT2D eigenvalue weighted by molar-refractivity contribution is -0.167. The Kier molecular flexibility index (Phi) is 52.3. The van der Waals surface area contributed by atoms with Crippen LogP contribution in [-0.4, -0.2) is 37.2 Å². The van der Waals surface area contributed by atoms with Crippen molar-refractivity contribution in [3.63, 3.8) is 0 Å². The normalized spacial score (nSPS) is 12.2. The molecule has 6 nitrogen and oxygen atoms in total. The van der Waals surface area contributed by atoms with Gasteiger partial charge >= 0.3 is 17.9 Å². The number of hydrogen-bond donors (Lipinski definition) is 0. The molecule has 0 aromatic heterocycles. The second kappa shape index (κ2) is 54.2. The van der Waals surface area contributed by atoms with Gasteiger partial charge < -0.3 is 14.2 Å². The molecule has 0 bridgehead atoms. The van der Waals surface area contributed by atoms with Crippen molar-refractivity contribution < 1.29 is 28.6 Å². The largest absolute Gasteiger partial charge is 0.462 e. The predicted molar refractivity (Wildman–Crippen MR) is 279 cm³/mol. The molecular weight excluding hydrogens is 805 g/mol. The average Bonchev–Trinajstić information content (AvgIpc) is 3.30. The molecule has 65 heavy (non-hydrogen) atoms. The molecule has 0 amide bonds. The molecule has 0 saturated carbocycles. The van der Waals surface area contributed by atoms with Crippen molar-refractivity contribution in [3.8, 4) is 0 Å². The minimum absolute atomic E-state index is 0.0771. The molecule has 6 heteroatoms. The van der Waals surface area contributed by atoms with Crippen molar-refractivity contribution in [2.75, 3.05) is 13.2 Å². The lowest BCUT2D eigenvalue weighted by Gasteiger charge is -2.18. The van der Waals surface area contributed by atoms with Gasteiger partial charge in [-0.1, -0.05) is 243 Å². The van der Waals surface area contributed by atoms with Gasteiger partial charge in [0.2, 0.25) is 0 Å². The highest BCUT2D eigenvalue weighted by molar-refractivity contribution is 5.71. The molecule has 0 radical (unpaired) electrons. The van der Waals surface area contributed by atoms with Gasteiger partial charge in [-0.05, 0) is 77.0 Å². The predicted octanol–water partition coefficient (Wildman–Crippen LogP) is 18.9. The van der Waals surface area contributed by atoms with Crippen LogP contribution in [0.5, 0.6) is 0 Å². The van der Waals surface area contributed by atoms with Crippen LogP contribution in [0.2, 0.25) is 0 Å². The summed E-state index contributed by atoms with van der Waals surface area (Å²) >= 11 is 0. The third-order valence-corrected chi connectivity index (χ3v) is 12.6. The van der Waals surface area contributed by atoms with Gasteiger partial charge in [0.05, 0.1) is 0 Å². The van der Waals surface area contributed by atoms with Crippen LogP contribution < -0.4 is 0 Å². The molecule has 0 fully saturated rings. The van der Waals surface area contributed by atoms with Crippen LogP contribution in [0.3, 0.4) is 0 Å². The Balaban J connectivity index is 4.31. The molecule has 1 unspecified atom stereocenters. The van der Waals surface area contributed by atoms with E-state index in [1.807, 2.05) is 0 Å². The summed E-state index contributed by atoms with van der Waals surface area (Å²) in [4.78, 5) is 38.1. The first-order valence-electron chi connectivity index (χ1n) is 28.5. The summed E-state index contributed by atoms with van der Waals surface area (Å²) in [5.74, 6) is -0.886. The highest BCUT2D eigenvalue weighted by Crippen LogP contribution is 2.16. The van der Waals surface area contributed by atoms with Gasteiger partial charge in [-0.15, -0.1) is 0 Å². The number of carbonyl (C=O) groups is 3. The van der Waals surface area contributed by atoms with E-state index in [0.29, 0.717) is 19.3 Å². The Morgan fingerprint density at radius 1 is 0.308 bits per heavy atom. The fourth-order valence-electron chi connectivity index (χ4n) is 8.29. The van der Waals surface area contributed by atoms with Crippen LogP contribution in [0.25, 0.3) is 0 Å². The van der Waals surface area contributed by atoms with Crippen molar-refractivity contribution in [1.29, 1.82) is 0 Å². The third-order valence-electron chi connectivity index (χ3n) is 12.6. The average molecular weight is 914 g/mol. The lowest BCUT2D eigenvalue weighted by atomic mass is 10.0. The highest BCUT2D eigenvalue weighted by Gasteiger charge is 2.19. The minimum Gasteiger partial charge on any atom is -0.462 e. The van der Waals surface area contributed by atoms with E-state index in [0.717, 1.165) is 89.9 Å². The maximum atomic E-state index is 12.8. The maximum Gasteiger partial charge on any atom is 0.306 e. The SMILES string of the molecule is CCCCC/C=C\C/C=C\CCCCCCCC(=O)OC(COC(=O)CCCCCCC/C=C\CCCCC)COC(=O)CCCCCCCCCCCCCCCCCCCCCC. The maximum absolute atomic E-state index is 12.8. The highest BCUT2D eigenvalue weighted by atomic mass is 16.6. The smallest absolute Gasteiger partial charge is 0.306 e. The van der Waals surface area contributed by atoms with Crippen LogP contribution in [0.4, 0.5) is 0 Å². The van der Waals surface area contributed by atoms with E-state index in [1.165, 1.54) is 173 Å². The molecular formula is C59H108O6. The fourth-order valence-corrected chi connectivity index (χ4v) is 8.29.